The van der Waals surface area contributed by atoms with Gasteiger partial charge in [0.25, 0.3) is 0 Å². The van der Waals surface area contributed by atoms with Crippen LogP contribution in [0.25, 0.3) is 11.3 Å². The van der Waals surface area contributed by atoms with Gasteiger partial charge in [0.15, 0.2) is 0 Å². The lowest BCUT2D eigenvalue weighted by molar-refractivity contribution is -0.141. The average molecular weight is 376 g/mol. The quantitative estimate of drug-likeness (QED) is 0.715. The molecule has 3 aromatic rings. The highest BCUT2D eigenvalue weighted by Crippen LogP contribution is 2.33. The predicted octanol–water partition coefficient (Wildman–Crippen LogP) is 4.32. The van der Waals surface area contributed by atoms with E-state index in [4.69, 9.17) is 9.47 Å². The number of hydrogen-bond acceptors (Lipinski definition) is 6. The van der Waals surface area contributed by atoms with Crippen LogP contribution in [-0.2, 0) is 6.18 Å². The average Bonchev–Trinajstić information content (AvgIpc) is 2.67. The van der Waals surface area contributed by atoms with E-state index in [1.54, 1.807) is 31.4 Å². The van der Waals surface area contributed by atoms with Crippen LogP contribution in [0.5, 0.6) is 11.5 Å². The van der Waals surface area contributed by atoms with Crippen molar-refractivity contribution < 1.29 is 22.6 Å². The molecule has 2 heterocycles. The zero-order chi connectivity index (χ0) is 19.4. The molecule has 0 saturated heterocycles. The molecule has 0 atom stereocenters. The van der Waals surface area contributed by atoms with Crippen molar-refractivity contribution in [2.75, 3.05) is 19.5 Å². The third-order valence-corrected chi connectivity index (χ3v) is 3.62. The summed E-state index contributed by atoms with van der Waals surface area (Å²) in [7, 11) is 3.06. The summed E-state index contributed by atoms with van der Waals surface area (Å²) in [6, 6.07) is 10.4. The third kappa shape index (κ3) is 4.25. The number of rotatable bonds is 5. The highest BCUT2D eigenvalue weighted by atomic mass is 19.4. The predicted molar refractivity (Wildman–Crippen MR) is 93.1 cm³/mol. The normalized spacial score (nSPS) is 11.1. The Morgan fingerprint density at radius 3 is 2.48 bits per heavy atom. The Hall–Kier alpha value is -3.36. The van der Waals surface area contributed by atoms with Crippen LogP contribution in [0.3, 0.4) is 0 Å². The lowest BCUT2D eigenvalue weighted by Gasteiger charge is -2.11. The number of nitrogens with zero attached hydrogens (tertiary/aromatic N) is 3. The maximum absolute atomic E-state index is 12.8. The molecule has 9 heteroatoms. The molecule has 0 aliphatic carbocycles. The standard InChI is InChI=1S/C18H15F3N4O2/c1-26-11-6-7-12(14(10-11)27-2)13-8-9-22-17(23-13)25-16-5-3-4-15(24-16)18(19,20)21/h3-10H,1-2H3,(H,22,23,24,25). The molecule has 1 aromatic carbocycles. The zero-order valence-electron chi connectivity index (χ0n) is 14.4. The van der Waals surface area contributed by atoms with Crippen molar-refractivity contribution in [3.63, 3.8) is 0 Å². The molecule has 2 aromatic heterocycles. The van der Waals surface area contributed by atoms with Crippen LogP contribution in [0, 0.1) is 0 Å². The fraction of sp³-hybridized carbons (Fsp3) is 0.167. The number of anilines is 2. The maximum atomic E-state index is 12.8. The van der Waals surface area contributed by atoms with Gasteiger partial charge in [0, 0.05) is 17.8 Å². The van der Waals surface area contributed by atoms with Crippen molar-refractivity contribution >= 4 is 11.8 Å². The highest BCUT2D eigenvalue weighted by Gasteiger charge is 2.32. The lowest BCUT2D eigenvalue weighted by Crippen LogP contribution is -2.09. The first-order valence-electron chi connectivity index (χ1n) is 7.77. The van der Waals surface area contributed by atoms with E-state index in [0.717, 1.165) is 6.07 Å². The molecule has 0 amide bonds. The Kier molecular flexibility index (Phi) is 5.11. The summed E-state index contributed by atoms with van der Waals surface area (Å²) < 4.78 is 48.9. The van der Waals surface area contributed by atoms with Crippen molar-refractivity contribution in [3.8, 4) is 22.8 Å². The van der Waals surface area contributed by atoms with Gasteiger partial charge in [-0.2, -0.15) is 13.2 Å². The summed E-state index contributed by atoms with van der Waals surface area (Å²) in [6.07, 6.45) is -3.04. The summed E-state index contributed by atoms with van der Waals surface area (Å²) in [5.74, 6) is 1.26. The molecular weight excluding hydrogens is 361 g/mol. The number of alkyl halides is 3. The molecule has 6 nitrogen and oxygen atoms in total. The second-order valence-electron chi connectivity index (χ2n) is 5.36. The van der Waals surface area contributed by atoms with E-state index < -0.39 is 11.9 Å². The first-order chi connectivity index (χ1) is 12.9. The number of pyridine rings is 1. The van der Waals surface area contributed by atoms with E-state index in [9.17, 15) is 13.2 Å². The van der Waals surface area contributed by atoms with E-state index in [2.05, 4.69) is 20.3 Å². The van der Waals surface area contributed by atoms with Gasteiger partial charge in [0.1, 0.15) is 23.0 Å². The molecule has 0 unspecified atom stereocenters. The summed E-state index contributed by atoms with van der Waals surface area (Å²) in [6.45, 7) is 0. The minimum absolute atomic E-state index is 0.0105. The van der Waals surface area contributed by atoms with Gasteiger partial charge in [0.2, 0.25) is 5.95 Å². The van der Waals surface area contributed by atoms with Crippen molar-refractivity contribution in [1.29, 1.82) is 0 Å². The van der Waals surface area contributed by atoms with E-state index in [-0.39, 0.29) is 11.8 Å². The van der Waals surface area contributed by atoms with Crippen molar-refractivity contribution in [2.45, 2.75) is 6.18 Å². The fourth-order valence-electron chi connectivity index (χ4n) is 2.36. The molecule has 3 rings (SSSR count). The molecule has 1 N–H and O–H groups in total. The van der Waals surface area contributed by atoms with Gasteiger partial charge in [-0.15, -0.1) is 0 Å². The van der Waals surface area contributed by atoms with Gasteiger partial charge in [0.05, 0.1) is 19.9 Å². The summed E-state index contributed by atoms with van der Waals surface area (Å²) in [5.41, 5.74) is 0.209. The summed E-state index contributed by atoms with van der Waals surface area (Å²) >= 11 is 0. The van der Waals surface area contributed by atoms with E-state index in [1.165, 1.54) is 25.4 Å². The highest BCUT2D eigenvalue weighted by molar-refractivity contribution is 5.69. The Labute approximate surface area is 153 Å². The van der Waals surface area contributed by atoms with Gasteiger partial charge >= 0.3 is 6.18 Å². The van der Waals surface area contributed by atoms with Crippen LogP contribution in [0.2, 0.25) is 0 Å². The molecule has 0 aliphatic heterocycles. The van der Waals surface area contributed by atoms with Gasteiger partial charge in [-0.1, -0.05) is 6.07 Å². The number of nitrogens with one attached hydrogen (secondary N) is 1. The van der Waals surface area contributed by atoms with E-state index in [1.807, 2.05) is 0 Å². The molecule has 0 spiro atoms. The van der Waals surface area contributed by atoms with Crippen LogP contribution in [0.15, 0.2) is 48.7 Å². The van der Waals surface area contributed by atoms with E-state index in [0.29, 0.717) is 22.8 Å². The fourth-order valence-corrected chi connectivity index (χ4v) is 2.36. The maximum Gasteiger partial charge on any atom is 0.433 e. The van der Waals surface area contributed by atoms with Crippen molar-refractivity contribution in [2.24, 2.45) is 0 Å². The topological polar surface area (TPSA) is 69.2 Å². The van der Waals surface area contributed by atoms with Gasteiger partial charge in [-0.05, 0) is 30.3 Å². The number of halogens is 3. The van der Waals surface area contributed by atoms with E-state index >= 15 is 0 Å². The zero-order valence-corrected chi connectivity index (χ0v) is 14.4. The minimum Gasteiger partial charge on any atom is -0.497 e. The Bertz CT molecular complexity index is 948. The summed E-state index contributed by atoms with van der Waals surface area (Å²) in [4.78, 5) is 11.9. The number of hydrogen-bond donors (Lipinski definition) is 1. The Morgan fingerprint density at radius 2 is 1.78 bits per heavy atom. The largest absolute Gasteiger partial charge is 0.497 e. The number of ether oxygens (including phenoxy) is 2. The van der Waals surface area contributed by atoms with Crippen LogP contribution >= 0.6 is 0 Å². The Morgan fingerprint density at radius 1 is 0.963 bits per heavy atom. The molecule has 0 aliphatic rings. The van der Waals surface area contributed by atoms with Crippen molar-refractivity contribution in [3.05, 3.63) is 54.4 Å². The summed E-state index contributed by atoms with van der Waals surface area (Å²) in [5, 5.41) is 2.69. The monoisotopic (exact) mass is 376 g/mol. The SMILES string of the molecule is COc1ccc(-c2ccnc(Nc3cccc(C(F)(F)F)n3)n2)c(OC)c1. The molecule has 0 radical (unpaired) electrons. The molecule has 0 fully saturated rings. The van der Waals surface area contributed by atoms with Crippen LogP contribution in [-0.4, -0.2) is 29.2 Å². The molecule has 140 valence electrons. The second kappa shape index (κ2) is 7.48. The van der Waals surface area contributed by atoms with Crippen molar-refractivity contribution in [1.82, 2.24) is 15.0 Å². The number of methoxy groups -OCH3 is 2. The van der Waals surface area contributed by atoms with Crippen LogP contribution < -0.4 is 14.8 Å². The molecular formula is C18H15F3N4O2. The first kappa shape index (κ1) is 18.4. The minimum atomic E-state index is -4.53. The third-order valence-electron chi connectivity index (χ3n) is 3.62. The number of benzene rings is 1. The van der Waals surface area contributed by atoms with Gasteiger partial charge in [-0.25, -0.2) is 15.0 Å². The van der Waals surface area contributed by atoms with Gasteiger partial charge in [-0.3, -0.25) is 0 Å². The molecule has 0 bridgehead atoms. The molecule has 0 saturated carbocycles. The Balaban J connectivity index is 1.91. The second-order valence-corrected chi connectivity index (χ2v) is 5.36. The van der Waals surface area contributed by atoms with Crippen LogP contribution in [0.1, 0.15) is 5.69 Å². The van der Waals surface area contributed by atoms with Crippen LogP contribution in [0.4, 0.5) is 24.9 Å². The van der Waals surface area contributed by atoms with Gasteiger partial charge < -0.3 is 14.8 Å². The first-order valence-corrected chi connectivity index (χ1v) is 7.77. The smallest absolute Gasteiger partial charge is 0.433 e. The lowest BCUT2D eigenvalue weighted by atomic mass is 10.1. The molecule has 27 heavy (non-hydrogen) atoms. The number of aromatic nitrogens is 3.